The molecule has 0 fully saturated rings. The lowest BCUT2D eigenvalue weighted by atomic mass is 10.1. The molecule has 0 aliphatic rings. The van der Waals surface area contributed by atoms with Crippen molar-refractivity contribution in [1.29, 1.82) is 0 Å². The van der Waals surface area contributed by atoms with Crippen molar-refractivity contribution in [1.82, 2.24) is 0 Å². The molecule has 0 aliphatic heterocycles. The number of hydrogen-bond donors (Lipinski definition) is 0. The van der Waals surface area contributed by atoms with Crippen LogP contribution in [-0.4, -0.2) is 34.7 Å². The van der Waals surface area contributed by atoms with E-state index in [0.717, 1.165) is 56.4 Å². The van der Waals surface area contributed by atoms with Gasteiger partial charge in [0.15, 0.2) is 6.29 Å². The molecule has 0 aliphatic carbocycles. The fourth-order valence-electron chi connectivity index (χ4n) is 3.71. The first-order valence-electron chi connectivity index (χ1n) is 11.8. The molecule has 0 bridgehead atoms. The number of carbonyl (C=O) groups is 1. The Labute approximate surface area is 232 Å². The van der Waals surface area contributed by atoms with Crippen LogP contribution in [0.15, 0.2) is 53.9 Å². The first-order valence-corrected chi connectivity index (χ1v) is 13.5. The van der Waals surface area contributed by atoms with Crippen molar-refractivity contribution >= 4 is 53.3 Å². The zero-order valence-electron chi connectivity index (χ0n) is 22.4. The van der Waals surface area contributed by atoms with Gasteiger partial charge in [-0.25, -0.2) is 0 Å². The van der Waals surface area contributed by atoms with Crippen molar-refractivity contribution < 1.29 is 23.7 Å². The van der Waals surface area contributed by atoms with Gasteiger partial charge in [-0.3, -0.25) is 4.79 Å². The predicted octanol–water partition coefficient (Wildman–Crippen LogP) is 8.30. The molecule has 0 amide bonds. The van der Waals surface area contributed by atoms with E-state index in [-0.39, 0.29) is 0 Å². The quantitative estimate of drug-likeness (QED) is 0.197. The Hall–Kier alpha value is -3.81. The lowest BCUT2D eigenvalue weighted by Crippen LogP contribution is -1.93. The molecule has 2 aromatic carbocycles. The van der Waals surface area contributed by atoms with Gasteiger partial charge in [0.25, 0.3) is 0 Å². The molecule has 2 aromatic heterocycles. The summed E-state index contributed by atoms with van der Waals surface area (Å²) < 4.78 is 21.6. The number of ether oxygens (including phenoxy) is 4. The number of hydrogen-bond acceptors (Lipinski definition) is 7. The topological polar surface area (TPSA) is 54.0 Å². The van der Waals surface area contributed by atoms with Crippen molar-refractivity contribution in [3.63, 3.8) is 0 Å². The molecule has 0 saturated heterocycles. The zero-order chi connectivity index (χ0) is 27.5. The van der Waals surface area contributed by atoms with Crippen LogP contribution in [-0.2, 0) is 0 Å². The number of aryl methyl sites for hydroxylation is 2. The van der Waals surface area contributed by atoms with Crippen LogP contribution in [0.25, 0.3) is 24.3 Å². The second-order valence-electron chi connectivity index (χ2n) is 8.21. The number of thiophene rings is 2. The maximum atomic E-state index is 10.7. The van der Waals surface area contributed by atoms with Crippen molar-refractivity contribution in [3.8, 4) is 23.0 Å². The Morgan fingerprint density at radius 3 is 1.42 bits per heavy atom. The van der Waals surface area contributed by atoms with Gasteiger partial charge in [-0.2, -0.15) is 0 Å². The highest BCUT2D eigenvalue weighted by Crippen LogP contribution is 2.33. The number of methoxy groups -OCH3 is 4. The fraction of sp³-hybridized carbons (Fsp3) is 0.194. The van der Waals surface area contributed by atoms with Gasteiger partial charge in [0, 0.05) is 9.75 Å². The van der Waals surface area contributed by atoms with Gasteiger partial charge in [-0.1, -0.05) is 6.07 Å². The third kappa shape index (κ3) is 7.60. The highest BCUT2D eigenvalue weighted by atomic mass is 32.1. The molecule has 4 rings (SSSR count). The molecule has 0 unspecified atom stereocenters. The van der Waals surface area contributed by atoms with E-state index in [1.807, 2.05) is 68.5 Å². The lowest BCUT2D eigenvalue weighted by Gasteiger charge is -2.11. The molecule has 198 valence electrons. The summed E-state index contributed by atoms with van der Waals surface area (Å²) in [5.74, 6) is 3.20. The number of benzene rings is 2. The number of aldehydes is 1. The Morgan fingerprint density at radius 2 is 1.05 bits per heavy atom. The number of carbonyl (C=O) groups excluding carboxylic acids is 1. The molecule has 5 nitrogen and oxygen atoms in total. The molecular weight excluding hydrogens is 516 g/mol. The zero-order valence-corrected chi connectivity index (χ0v) is 24.1. The van der Waals surface area contributed by atoms with E-state index in [9.17, 15) is 4.79 Å². The average molecular weight is 549 g/mol. The van der Waals surface area contributed by atoms with Gasteiger partial charge >= 0.3 is 0 Å². The smallest absolute Gasteiger partial charge is 0.160 e. The van der Waals surface area contributed by atoms with Crippen LogP contribution >= 0.6 is 22.7 Å². The van der Waals surface area contributed by atoms with Gasteiger partial charge in [0.05, 0.1) is 44.4 Å². The summed E-state index contributed by atoms with van der Waals surface area (Å²) in [4.78, 5) is 13.6. The largest absolute Gasteiger partial charge is 0.496 e. The van der Waals surface area contributed by atoms with E-state index in [4.69, 9.17) is 18.9 Å². The first-order chi connectivity index (χ1) is 18.4. The molecule has 0 atom stereocenters. The third-order valence-electron chi connectivity index (χ3n) is 5.51. The van der Waals surface area contributed by atoms with Gasteiger partial charge in [-0.15, -0.1) is 22.7 Å². The molecular formula is C31H32O5S2. The standard InChI is InChI=1S/C16H16O3S.C15H16O2S/c1-11-8-15(18-2)14(16(9-11)19-3)7-6-12-4-5-13(10-17)20-12;1-11-9-14(16-2)13(15(10-11)17-3)7-6-12-5-4-8-18-12/h4-10H,1-3H3;4-10H,1-3H3/b2*7-6+. The van der Waals surface area contributed by atoms with Gasteiger partial charge in [-0.05, 0) is 97.1 Å². The van der Waals surface area contributed by atoms with Crippen molar-refractivity contribution in [2.24, 2.45) is 0 Å². The highest BCUT2D eigenvalue weighted by molar-refractivity contribution is 7.14. The van der Waals surface area contributed by atoms with E-state index in [0.29, 0.717) is 4.88 Å². The van der Waals surface area contributed by atoms with Crippen LogP contribution in [0.2, 0.25) is 0 Å². The third-order valence-corrected chi connectivity index (χ3v) is 7.33. The van der Waals surface area contributed by atoms with E-state index in [1.54, 1.807) is 45.8 Å². The molecule has 38 heavy (non-hydrogen) atoms. The SMILES string of the molecule is COc1cc(C)cc(OC)c1/C=C/c1ccc(C=O)s1.COc1cc(C)cc(OC)c1/C=C/c1cccs1. The minimum atomic E-state index is 0.715. The molecule has 2 heterocycles. The predicted molar refractivity (Wildman–Crippen MR) is 160 cm³/mol. The molecule has 0 spiro atoms. The molecule has 0 radical (unpaired) electrons. The van der Waals surface area contributed by atoms with Crippen LogP contribution in [0.3, 0.4) is 0 Å². The Bertz CT molecular complexity index is 1350. The van der Waals surface area contributed by atoms with E-state index < -0.39 is 0 Å². The normalized spacial score (nSPS) is 10.8. The van der Waals surface area contributed by atoms with E-state index in [1.165, 1.54) is 16.2 Å². The monoisotopic (exact) mass is 548 g/mol. The summed E-state index contributed by atoms with van der Waals surface area (Å²) in [6, 6.07) is 15.8. The van der Waals surface area contributed by atoms with Gasteiger partial charge in [0.1, 0.15) is 23.0 Å². The maximum absolute atomic E-state index is 10.7. The Balaban J connectivity index is 0.000000212. The van der Waals surface area contributed by atoms with E-state index in [2.05, 4.69) is 17.5 Å². The first kappa shape index (κ1) is 28.8. The second-order valence-corrected chi connectivity index (χ2v) is 10.3. The van der Waals surface area contributed by atoms with Crippen molar-refractivity contribution in [2.45, 2.75) is 13.8 Å². The second kappa shape index (κ2) is 14.2. The summed E-state index contributed by atoms with van der Waals surface area (Å²) in [7, 11) is 6.63. The number of rotatable bonds is 9. The summed E-state index contributed by atoms with van der Waals surface area (Å²) in [6.07, 6.45) is 8.85. The van der Waals surface area contributed by atoms with Crippen LogP contribution in [0.4, 0.5) is 0 Å². The minimum Gasteiger partial charge on any atom is -0.496 e. The van der Waals surface area contributed by atoms with E-state index >= 15 is 0 Å². The highest BCUT2D eigenvalue weighted by Gasteiger charge is 2.09. The Kier molecular flexibility index (Phi) is 10.8. The summed E-state index contributed by atoms with van der Waals surface area (Å²) in [5, 5.41) is 2.06. The average Bonchev–Trinajstić information content (AvgIpc) is 3.63. The maximum Gasteiger partial charge on any atom is 0.160 e. The Morgan fingerprint density at radius 1 is 0.605 bits per heavy atom. The minimum absolute atomic E-state index is 0.715. The fourth-order valence-corrected chi connectivity index (χ4v) is 5.05. The lowest BCUT2D eigenvalue weighted by molar-refractivity contribution is 0.112. The van der Waals surface area contributed by atoms with Crippen LogP contribution in [0.1, 0.15) is 41.7 Å². The molecule has 0 N–H and O–H groups in total. The molecule has 0 saturated carbocycles. The summed E-state index contributed by atoms with van der Waals surface area (Å²) in [6.45, 7) is 4.02. The molecule has 7 heteroatoms. The van der Waals surface area contributed by atoms with Crippen LogP contribution in [0.5, 0.6) is 23.0 Å². The summed E-state index contributed by atoms with van der Waals surface area (Å²) >= 11 is 3.15. The van der Waals surface area contributed by atoms with Gasteiger partial charge < -0.3 is 18.9 Å². The van der Waals surface area contributed by atoms with Crippen LogP contribution < -0.4 is 18.9 Å². The molecule has 4 aromatic rings. The van der Waals surface area contributed by atoms with Crippen molar-refractivity contribution in [2.75, 3.05) is 28.4 Å². The summed E-state index contributed by atoms with van der Waals surface area (Å²) in [5.41, 5.74) is 4.06. The van der Waals surface area contributed by atoms with Crippen LogP contribution in [0, 0.1) is 13.8 Å². The van der Waals surface area contributed by atoms with Gasteiger partial charge in [0.2, 0.25) is 0 Å². The van der Waals surface area contributed by atoms with Crippen molar-refractivity contribution in [3.05, 3.63) is 90.8 Å².